The van der Waals surface area contributed by atoms with Crippen molar-refractivity contribution in [3.63, 3.8) is 0 Å². The van der Waals surface area contributed by atoms with Gasteiger partial charge in [0.2, 0.25) is 0 Å². The maximum atomic E-state index is 13.6. The Hall–Kier alpha value is -0.970. The van der Waals surface area contributed by atoms with Crippen LogP contribution in [0.25, 0.3) is 0 Å². The summed E-state index contributed by atoms with van der Waals surface area (Å²) in [4.78, 5) is 0.0517. The largest absolute Gasteiger partial charge is 0.275 e. The summed E-state index contributed by atoms with van der Waals surface area (Å²) in [5, 5.41) is 0. The van der Waals surface area contributed by atoms with Gasteiger partial charge in [-0.3, -0.25) is 0 Å². The summed E-state index contributed by atoms with van der Waals surface area (Å²) >= 11 is 0. The van der Waals surface area contributed by atoms with Crippen LogP contribution in [0.3, 0.4) is 0 Å². The first-order valence-electron chi connectivity index (χ1n) is 4.84. The molecule has 0 spiro atoms. The van der Waals surface area contributed by atoms with Gasteiger partial charge in [0.1, 0.15) is 0 Å². The third kappa shape index (κ3) is 2.58. The minimum atomic E-state index is -3.33. The van der Waals surface area contributed by atoms with E-state index in [0.717, 1.165) is 18.4 Å². The second-order valence-electron chi connectivity index (χ2n) is 4.07. The Kier molecular flexibility index (Phi) is 3.38. The second kappa shape index (κ2) is 4.13. The van der Waals surface area contributed by atoms with Crippen LogP contribution in [-0.4, -0.2) is 14.7 Å². The maximum absolute atomic E-state index is 13.6. The highest BCUT2D eigenvalue weighted by Crippen LogP contribution is 2.35. The molecule has 5 heteroatoms. The predicted octanol–water partition coefficient (Wildman–Crippen LogP) is 2.84. The van der Waals surface area contributed by atoms with Gasteiger partial charge in [-0.2, -0.15) is 0 Å². The van der Waals surface area contributed by atoms with E-state index in [1.807, 2.05) is 0 Å². The van der Waals surface area contributed by atoms with Gasteiger partial charge in [-0.15, -0.1) is 0 Å². The third-order valence-corrected chi connectivity index (χ3v) is 3.52. The fraction of sp³-hybridized carbons (Fsp3) is 0.455. The van der Waals surface area contributed by atoms with E-state index < -0.39 is 21.7 Å². The van der Waals surface area contributed by atoms with Gasteiger partial charge in [-0.05, 0) is 12.1 Å². The topological polar surface area (TPSA) is 34.1 Å². The molecule has 16 heavy (non-hydrogen) atoms. The molecular formula is C11H14F2O2S. The third-order valence-electron chi connectivity index (χ3n) is 2.39. The molecule has 0 saturated heterocycles. The SMILES string of the molecule is CC(C)C(F)(F)c1ccc(S(C)(=O)=O)cc1. The van der Waals surface area contributed by atoms with Crippen molar-refractivity contribution in [2.45, 2.75) is 24.7 Å². The zero-order chi connectivity index (χ0) is 12.6. The Morgan fingerprint density at radius 1 is 1.12 bits per heavy atom. The van der Waals surface area contributed by atoms with Crippen molar-refractivity contribution < 1.29 is 17.2 Å². The summed E-state index contributed by atoms with van der Waals surface area (Å²) in [6.45, 7) is 2.84. The Balaban J connectivity index is 3.14. The molecule has 0 radical (unpaired) electrons. The molecule has 0 unspecified atom stereocenters. The van der Waals surface area contributed by atoms with E-state index in [-0.39, 0.29) is 10.5 Å². The molecule has 0 atom stereocenters. The second-order valence-corrected chi connectivity index (χ2v) is 6.09. The van der Waals surface area contributed by atoms with Crippen molar-refractivity contribution in [1.82, 2.24) is 0 Å². The number of halogens is 2. The van der Waals surface area contributed by atoms with Crippen LogP contribution in [0.15, 0.2) is 29.2 Å². The van der Waals surface area contributed by atoms with Gasteiger partial charge in [-0.1, -0.05) is 26.0 Å². The monoisotopic (exact) mass is 248 g/mol. The van der Waals surface area contributed by atoms with Gasteiger partial charge < -0.3 is 0 Å². The molecule has 0 heterocycles. The van der Waals surface area contributed by atoms with Crippen LogP contribution in [0, 0.1) is 5.92 Å². The van der Waals surface area contributed by atoms with Crippen LogP contribution >= 0.6 is 0 Å². The smallest absolute Gasteiger partial charge is 0.224 e. The van der Waals surface area contributed by atoms with Crippen molar-refractivity contribution in [2.75, 3.05) is 6.26 Å². The minimum Gasteiger partial charge on any atom is -0.224 e. The Morgan fingerprint density at radius 2 is 1.56 bits per heavy atom. The first kappa shape index (κ1) is 13.1. The van der Waals surface area contributed by atoms with E-state index in [4.69, 9.17) is 0 Å². The average Bonchev–Trinajstić information content (AvgIpc) is 2.16. The van der Waals surface area contributed by atoms with E-state index in [1.54, 1.807) is 0 Å². The van der Waals surface area contributed by atoms with Crippen LogP contribution in [0.4, 0.5) is 8.78 Å². The zero-order valence-electron chi connectivity index (χ0n) is 9.37. The number of benzene rings is 1. The molecular weight excluding hydrogens is 234 g/mol. The molecule has 1 rings (SSSR count). The van der Waals surface area contributed by atoms with E-state index in [2.05, 4.69) is 0 Å². The van der Waals surface area contributed by atoms with Crippen LogP contribution in [-0.2, 0) is 15.8 Å². The van der Waals surface area contributed by atoms with E-state index in [1.165, 1.54) is 26.0 Å². The van der Waals surface area contributed by atoms with Crippen molar-refractivity contribution in [3.05, 3.63) is 29.8 Å². The lowest BCUT2D eigenvalue weighted by molar-refractivity contribution is -0.0514. The number of hydrogen-bond donors (Lipinski definition) is 0. The molecule has 0 N–H and O–H groups in total. The fourth-order valence-electron chi connectivity index (χ4n) is 1.26. The lowest BCUT2D eigenvalue weighted by Crippen LogP contribution is -2.20. The Bertz CT molecular complexity index is 461. The molecule has 0 bridgehead atoms. The standard InChI is InChI=1S/C11H14F2O2S/c1-8(2)11(12,13)9-4-6-10(7-5-9)16(3,14)15/h4-8H,1-3H3. The van der Waals surface area contributed by atoms with Gasteiger partial charge >= 0.3 is 0 Å². The highest BCUT2D eigenvalue weighted by atomic mass is 32.2. The summed E-state index contributed by atoms with van der Waals surface area (Å²) in [7, 11) is -3.33. The predicted molar refractivity (Wildman–Crippen MR) is 58.3 cm³/mol. The van der Waals surface area contributed by atoms with E-state index in [9.17, 15) is 17.2 Å². The van der Waals surface area contributed by atoms with Gasteiger partial charge in [-0.25, -0.2) is 17.2 Å². The summed E-state index contributed by atoms with van der Waals surface area (Å²) in [5.74, 6) is -3.76. The van der Waals surface area contributed by atoms with Crippen LogP contribution < -0.4 is 0 Å². The highest BCUT2D eigenvalue weighted by Gasteiger charge is 2.35. The fourth-order valence-corrected chi connectivity index (χ4v) is 1.89. The molecule has 0 aliphatic heterocycles. The average molecular weight is 248 g/mol. The number of rotatable bonds is 3. The lowest BCUT2D eigenvalue weighted by Gasteiger charge is -2.20. The number of hydrogen-bond acceptors (Lipinski definition) is 2. The highest BCUT2D eigenvalue weighted by molar-refractivity contribution is 7.90. The van der Waals surface area contributed by atoms with Crippen molar-refractivity contribution in [3.8, 4) is 0 Å². The Labute approximate surface area is 94.2 Å². The normalized spacial score (nSPS) is 13.1. The quantitative estimate of drug-likeness (QED) is 0.824. The number of alkyl halides is 2. The zero-order valence-corrected chi connectivity index (χ0v) is 10.2. The van der Waals surface area contributed by atoms with Gasteiger partial charge in [0.15, 0.2) is 9.84 Å². The van der Waals surface area contributed by atoms with Crippen LogP contribution in [0.2, 0.25) is 0 Å². The van der Waals surface area contributed by atoms with Crippen LogP contribution in [0.5, 0.6) is 0 Å². The molecule has 0 aromatic heterocycles. The summed E-state index contributed by atoms with van der Waals surface area (Å²) in [6.07, 6.45) is 1.04. The lowest BCUT2D eigenvalue weighted by atomic mass is 9.98. The van der Waals surface area contributed by atoms with Gasteiger partial charge in [0, 0.05) is 17.7 Å². The van der Waals surface area contributed by atoms with Gasteiger partial charge in [0.25, 0.3) is 5.92 Å². The molecule has 1 aromatic rings. The molecule has 0 aliphatic rings. The molecule has 0 amide bonds. The molecule has 0 fully saturated rings. The first-order valence-corrected chi connectivity index (χ1v) is 6.73. The number of sulfone groups is 1. The summed E-state index contributed by atoms with van der Waals surface area (Å²) in [6, 6.07) is 4.74. The van der Waals surface area contributed by atoms with Gasteiger partial charge in [0.05, 0.1) is 4.90 Å². The summed E-state index contributed by atoms with van der Waals surface area (Å²) in [5.41, 5.74) is -0.157. The molecule has 1 aromatic carbocycles. The minimum absolute atomic E-state index is 0.0517. The van der Waals surface area contributed by atoms with Crippen molar-refractivity contribution in [1.29, 1.82) is 0 Å². The summed E-state index contributed by atoms with van der Waals surface area (Å²) < 4.78 is 49.4. The van der Waals surface area contributed by atoms with E-state index in [0.29, 0.717) is 0 Å². The molecule has 2 nitrogen and oxygen atoms in total. The first-order chi connectivity index (χ1) is 7.15. The Morgan fingerprint density at radius 3 is 1.88 bits per heavy atom. The molecule has 90 valence electrons. The van der Waals surface area contributed by atoms with Crippen molar-refractivity contribution in [2.24, 2.45) is 5.92 Å². The molecule has 0 aliphatic carbocycles. The van der Waals surface area contributed by atoms with Crippen molar-refractivity contribution >= 4 is 9.84 Å². The molecule has 0 saturated carbocycles. The maximum Gasteiger partial charge on any atom is 0.275 e. The van der Waals surface area contributed by atoms with Crippen LogP contribution in [0.1, 0.15) is 19.4 Å². The van der Waals surface area contributed by atoms with E-state index >= 15 is 0 Å².